The predicted molar refractivity (Wildman–Crippen MR) is 87.2 cm³/mol. The maximum atomic E-state index is 12.9. The summed E-state index contributed by atoms with van der Waals surface area (Å²) in [6.45, 7) is 9.45. The first-order chi connectivity index (χ1) is 9.84. The minimum absolute atomic E-state index is 0.114. The van der Waals surface area contributed by atoms with Crippen LogP contribution in [0.15, 0.2) is 29.6 Å². The Balaban J connectivity index is 1.85. The number of halogens is 1. The van der Waals surface area contributed by atoms with Gasteiger partial charge in [-0.2, -0.15) is 0 Å². The standard InChI is InChI=1S/C17H23FN2S/c1-12(9-13-5-7-14(18)8-6-13)19-10-15-11-21-16(20-15)17(2,3)4/h5-8,11-12,19H,9-10H2,1-4H3. The molecule has 0 radical (unpaired) electrons. The fourth-order valence-electron chi connectivity index (χ4n) is 2.06. The Kier molecular flexibility index (Phi) is 5.12. The molecular weight excluding hydrogens is 283 g/mol. The van der Waals surface area contributed by atoms with Crippen LogP contribution in [0.2, 0.25) is 0 Å². The molecule has 0 amide bonds. The van der Waals surface area contributed by atoms with E-state index in [9.17, 15) is 4.39 Å². The first kappa shape index (κ1) is 16.1. The van der Waals surface area contributed by atoms with Crippen LogP contribution in [-0.2, 0) is 18.4 Å². The topological polar surface area (TPSA) is 24.9 Å². The quantitative estimate of drug-likeness (QED) is 0.891. The highest BCUT2D eigenvalue weighted by atomic mass is 32.1. The Morgan fingerprint density at radius 1 is 1.24 bits per heavy atom. The molecule has 1 N–H and O–H groups in total. The third-order valence-corrected chi connectivity index (χ3v) is 4.60. The van der Waals surface area contributed by atoms with Crippen LogP contribution in [0, 0.1) is 5.82 Å². The summed E-state index contributed by atoms with van der Waals surface area (Å²) in [7, 11) is 0. The van der Waals surface area contributed by atoms with Crippen molar-refractivity contribution < 1.29 is 4.39 Å². The molecule has 0 bridgehead atoms. The molecule has 0 spiro atoms. The molecule has 1 aromatic heterocycles. The molecule has 0 fully saturated rings. The number of hydrogen-bond acceptors (Lipinski definition) is 3. The Labute approximate surface area is 130 Å². The van der Waals surface area contributed by atoms with Crippen LogP contribution in [0.1, 0.15) is 44.0 Å². The van der Waals surface area contributed by atoms with Gasteiger partial charge in [-0.25, -0.2) is 9.37 Å². The van der Waals surface area contributed by atoms with Crippen LogP contribution < -0.4 is 5.32 Å². The number of aromatic nitrogens is 1. The average Bonchev–Trinajstić information content (AvgIpc) is 2.88. The van der Waals surface area contributed by atoms with E-state index in [2.05, 4.69) is 43.4 Å². The molecule has 1 unspecified atom stereocenters. The van der Waals surface area contributed by atoms with Crippen molar-refractivity contribution in [2.24, 2.45) is 0 Å². The van der Waals surface area contributed by atoms with Crippen molar-refractivity contribution in [3.8, 4) is 0 Å². The average molecular weight is 306 g/mol. The van der Waals surface area contributed by atoms with E-state index in [4.69, 9.17) is 0 Å². The monoisotopic (exact) mass is 306 g/mol. The van der Waals surface area contributed by atoms with E-state index in [1.165, 1.54) is 17.1 Å². The summed E-state index contributed by atoms with van der Waals surface area (Å²) >= 11 is 1.72. The van der Waals surface area contributed by atoms with Crippen LogP contribution in [-0.4, -0.2) is 11.0 Å². The lowest BCUT2D eigenvalue weighted by Crippen LogP contribution is -2.27. The lowest BCUT2D eigenvalue weighted by molar-refractivity contribution is 0.535. The minimum atomic E-state index is -0.184. The van der Waals surface area contributed by atoms with Gasteiger partial charge in [0.25, 0.3) is 0 Å². The van der Waals surface area contributed by atoms with Gasteiger partial charge in [-0.3, -0.25) is 0 Å². The normalized spacial score (nSPS) is 13.4. The number of nitrogens with zero attached hydrogens (tertiary/aromatic N) is 1. The number of thiazole rings is 1. The minimum Gasteiger partial charge on any atom is -0.308 e. The Morgan fingerprint density at radius 2 is 1.90 bits per heavy atom. The molecule has 1 atom stereocenters. The molecule has 0 saturated carbocycles. The number of rotatable bonds is 5. The van der Waals surface area contributed by atoms with Gasteiger partial charge >= 0.3 is 0 Å². The Morgan fingerprint density at radius 3 is 2.48 bits per heavy atom. The van der Waals surface area contributed by atoms with E-state index in [1.807, 2.05) is 12.1 Å². The molecule has 1 heterocycles. The largest absolute Gasteiger partial charge is 0.308 e. The molecule has 0 aliphatic rings. The predicted octanol–water partition coefficient (Wildman–Crippen LogP) is 4.30. The summed E-state index contributed by atoms with van der Waals surface area (Å²) in [4.78, 5) is 4.68. The highest BCUT2D eigenvalue weighted by molar-refractivity contribution is 7.09. The van der Waals surface area contributed by atoms with Crippen molar-refractivity contribution in [2.75, 3.05) is 0 Å². The van der Waals surface area contributed by atoms with Gasteiger partial charge < -0.3 is 5.32 Å². The molecule has 0 aliphatic heterocycles. The van der Waals surface area contributed by atoms with Gasteiger partial charge in [0.15, 0.2) is 0 Å². The molecule has 0 saturated heterocycles. The van der Waals surface area contributed by atoms with Crippen molar-refractivity contribution in [1.29, 1.82) is 0 Å². The van der Waals surface area contributed by atoms with Gasteiger partial charge in [-0.15, -0.1) is 11.3 Å². The van der Waals surface area contributed by atoms with Gasteiger partial charge in [-0.05, 0) is 31.0 Å². The summed E-state index contributed by atoms with van der Waals surface area (Å²) in [6.07, 6.45) is 0.885. The summed E-state index contributed by atoms with van der Waals surface area (Å²) < 4.78 is 12.9. The zero-order valence-corrected chi connectivity index (χ0v) is 13.9. The highest BCUT2D eigenvalue weighted by Gasteiger charge is 2.17. The van der Waals surface area contributed by atoms with Crippen LogP contribution in [0.25, 0.3) is 0 Å². The van der Waals surface area contributed by atoms with E-state index in [0.29, 0.717) is 6.04 Å². The van der Waals surface area contributed by atoms with Gasteiger partial charge in [0.1, 0.15) is 5.82 Å². The maximum absolute atomic E-state index is 12.9. The van der Waals surface area contributed by atoms with E-state index in [1.54, 1.807) is 11.3 Å². The molecule has 0 aliphatic carbocycles. The summed E-state index contributed by atoms with van der Waals surface area (Å²) in [5.41, 5.74) is 2.35. The van der Waals surface area contributed by atoms with Gasteiger partial charge in [0.05, 0.1) is 10.7 Å². The summed E-state index contributed by atoms with van der Waals surface area (Å²) in [5.74, 6) is -0.184. The molecule has 1 aromatic carbocycles. The van der Waals surface area contributed by atoms with Crippen LogP contribution in [0.3, 0.4) is 0 Å². The first-order valence-electron chi connectivity index (χ1n) is 7.27. The van der Waals surface area contributed by atoms with Crippen molar-refractivity contribution in [1.82, 2.24) is 10.3 Å². The molecule has 114 valence electrons. The number of benzene rings is 1. The molecule has 4 heteroatoms. The first-order valence-corrected chi connectivity index (χ1v) is 8.15. The van der Waals surface area contributed by atoms with Crippen LogP contribution in [0.5, 0.6) is 0 Å². The maximum Gasteiger partial charge on any atom is 0.123 e. The van der Waals surface area contributed by atoms with E-state index in [0.717, 1.165) is 24.2 Å². The van der Waals surface area contributed by atoms with Gasteiger partial charge in [0, 0.05) is 23.4 Å². The number of hydrogen-bond donors (Lipinski definition) is 1. The fraction of sp³-hybridized carbons (Fsp3) is 0.471. The summed E-state index contributed by atoms with van der Waals surface area (Å²) in [5, 5.41) is 6.77. The van der Waals surface area contributed by atoms with Crippen molar-refractivity contribution in [3.63, 3.8) is 0 Å². The van der Waals surface area contributed by atoms with Gasteiger partial charge in [-0.1, -0.05) is 32.9 Å². The van der Waals surface area contributed by atoms with Crippen LogP contribution >= 0.6 is 11.3 Å². The van der Waals surface area contributed by atoms with Crippen molar-refractivity contribution >= 4 is 11.3 Å². The van der Waals surface area contributed by atoms with Crippen molar-refractivity contribution in [2.45, 2.75) is 52.1 Å². The van der Waals surface area contributed by atoms with E-state index in [-0.39, 0.29) is 11.2 Å². The molecule has 2 aromatic rings. The van der Waals surface area contributed by atoms with Crippen molar-refractivity contribution in [3.05, 3.63) is 51.7 Å². The number of nitrogens with one attached hydrogen (secondary N) is 1. The summed E-state index contributed by atoms with van der Waals surface area (Å²) in [6, 6.07) is 7.04. The second kappa shape index (κ2) is 6.67. The fourth-order valence-corrected chi connectivity index (χ4v) is 2.96. The Bertz CT molecular complexity index is 569. The lowest BCUT2D eigenvalue weighted by atomic mass is 9.98. The Hall–Kier alpha value is -1.26. The van der Waals surface area contributed by atoms with E-state index < -0.39 is 0 Å². The third kappa shape index (κ3) is 4.90. The molecule has 2 rings (SSSR count). The zero-order valence-electron chi connectivity index (χ0n) is 13.1. The molecular formula is C17H23FN2S. The highest BCUT2D eigenvalue weighted by Crippen LogP contribution is 2.25. The molecule has 21 heavy (non-hydrogen) atoms. The zero-order chi connectivity index (χ0) is 15.5. The third-order valence-electron chi connectivity index (χ3n) is 3.28. The second-order valence-electron chi connectivity index (χ2n) is 6.51. The lowest BCUT2D eigenvalue weighted by Gasteiger charge is -2.14. The van der Waals surface area contributed by atoms with Gasteiger partial charge in [0.2, 0.25) is 0 Å². The SMILES string of the molecule is CC(Cc1ccc(F)cc1)NCc1csc(C(C)(C)C)n1. The van der Waals surface area contributed by atoms with Crippen LogP contribution in [0.4, 0.5) is 4.39 Å². The smallest absolute Gasteiger partial charge is 0.123 e. The molecule has 2 nitrogen and oxygen atoms in total. The van der Waals surface area contributed by atoms with E-state index >= 15 is 0 Å². The second-order valence-corrected chi connectivity index (χ2v) is 7.36.